The molecule has 1 heterocycles. The zero-order valence-electron chi connectivity index (χ0n) is 11.3. The molecule has 0 fully saturated rings. The molecule has 2 nitrogen and oxygen atoms in total. The first-order valence-corrected chi connectivity index (χ1v) is 6.21. The Balaban J connectivity index is 2.94. The van der Waals surface area contributed by atoms with Gasteiger partial charge in [-0.15, -0.1) is 0 Å². The molecule has 1 aromatic rings. The third-order valence-corrected chi connectivity index (χ3v) is 2.52. The lowest BCUT2D eigenvalue weighted by molar-refractivity contribution is 0.0845. The standard InChI is InChI=1S/C16H21NO/c1-5-7-15(8-6-2)18-16(13(3)4)14-9-11-17-12-10-14/h5-13,16H,1H2,2-4H3/b8-6+,15-7-. The van der Waals surface area contributed by atoms with Crippen molar-refractivity contribution in [2.45, 2.75) is 26.9 Å². The molecule has 0 radical (unpaired) electrons. The van der Waals surface area contributed by atoms with Crippen molar-refractivity contribution < 1.29 is 4.74 Å². The molecule has 0 saturated heterocycles. The van der Waals surface area contributed by atoms with Crippen LogP contribution in [-0.4, -0.2) is 4.98 Å². The van der Waals surface area contributed by atoms with Crippen LogP contribution in [0.2, 0.25) is 0 Å². The first kappa shape index (κ1) is 14.2. The Morgan fingerprint density at radius 1 is 1.33 bits per heavy atom. The van der Waals surface area contributed by atoms with Crippen molar-refractivity contribution in [3.63, 3.8) is 0 Å². The molecule has 0 aliphatic carbocycles. The monoisotopic (exact) mass is 243 g/mol. The molecule has 0 N–H and O–H groups in total. The zero-order chi connectivity index (χ0) is 13.4. The highest BCUT2D eigenvalue weighted by molar-refractivity contribution is 5.20. The molecular weight excluding hydrogens is 222 g/mol. The summed E-state index contributed by atoms with van der Waals surface area (Å²) in [5.41, 5.74) is 1.14. The largest absolute Gasteiger partial charge is 0.485 e. The summed E-state index contributed by atoms with van der Waals surface area (Å²) >= 11 is 0. The summed E-state index contributed by atoms with van der Waals surface area (Å²) in [6, 6.07) is 3.98. The Hall–Kier alpha value is -1.83. The molecule has 2 heteroatoms. The van der Waals surface area contributed by atoms with Crippen molar-refractivity contribution in [2.75, 3.05) is 0 Å². The summed E-state index contributed by atoms with van der Waals surface area (Å²) in [4.78, 5) is 4.04. The van der Waals surface area contributed by atoms with E-state index in [0.717, 1.165) is 11.3 Å². The normalized spacial score (nSPS) is 13.9. The average molecular weight is 243 g/mol. The zero-order valence-corrected chi connectivity index (χ0v) is 11.3. The van der Waals surface area contributed by atoms with Gasteiger partial charge in [-0.3, -0.25) is 4.98 Å². The predicted molar refractivity (Wildman–Crippen MR) is 76.0 cm³/mol. The van der Waals surface area contributed by atoms with E-state index in [1.165, 1.54) is 0 Å². The third kappa shape index (κ3) is 4.21. The van der Waals surface area contributed by atoms with Crippen molar-refractivity contribution in [1.29, 1.82) is 0 Å². The van der Waals surface area contributed by atoms with Gasteiger partial charge in [-0.25, -0.2) is 0 Å². The second-order valence-electron chi connectivity index (χ2n) is 4.37. The highest BCUT2D eigenvalue weighted by Crippen LogP contribution is 2.28. The number of pyridine rings is 1. The maximum atomic E-state index is 6.05. The van der Waals surface area contributed by atoms with E-state index in [1.807, 2.05) is 37.3 Å². The van der Waals surface area contributed by atoms with E-state index in [0.29, 0.717) is 5.92 Å². The Morgan fingerprint density at radius 3 is 2.50 bits per heavy atom. The summed E-state index contributed by atoms with van der Waals surface area (Å²) in [6.07, 6.45) is 11.1. The Morgan fingerprint density at radius 2 is 2.00 bits per heavy atom. The van der Waals surface area contributed by atoms with E-state index in [4.69, 9.17) is 4.74 Å². The molecular formula is C16H21NO. The molecule has 1 rings (SSSR count). The smallest absolute Gasteiger partial charge is 0.126 e. The fourth-order valence-electron chi connectivity index (χ4n) is 1.70. The van der Waals surface area contributed by atoms with E-state index >= 15 is 0 Å². The minimum atomic E-state index is 0.0235. The second-order valence-corrected chi connectivity index (χ2v) is 4.37. The number of ether oxygens (including phenoxy) is 1. The van der Waals surface area contributed by atoms with Gasteiger partial charge in [-0.05, 0) is 42.7 Å². The van der Waals surface area contributed by atoms with Crippen molar-refractivity contribution in [1.82, 2.24) is 4.98 Å². The molecule has 0 aliphatic rings. The number of allylic oxidation sites excluding steroid dienone is 4. The van der Waals surface area contributed by atoms with Crippen LogP contribution in [0, 0.1) is 5.92 Å². The van der Waals surface area contributed by atoms with Gasteiger partial charge in [0.05, 0.1) is 0 Å². The fraction of sp³-hybridized carbons (Fsp3) is 0.312. The highest BCUT2D eigenvalue weighted by Gasteiger charge is 2.17. The maximum absolute atomic E-state index is 6.05. The van der Waals surface area contributed by atoms with Gasteiger partial charge < -0.3 is 4.74 Å². The molecule has 0 bridgehead atoms. The molecule has 0 aromatic carbocycles. The topological polar surface area (TPSA) is 22.1 Å². The molecule has 0 saturated carbocycles. The second kappa shape index (κ2) is 7.49. The van der Waals surface area contributed by atoms with E-state index in [2.05, 4.69) is 25.4 Å². The van der Waals surface area contributed by atoms with Gasteiger partial charge in [0.2, 0.25) is 0 Å². The summed E-state index contributed by atoms with van der Waals surface area (Å²) in [7, 11) is 0. The van der Waals surface area contributed by atoms with Gasteiger partial charge in [0, 0.05) is 12.4 Å². The average Bonchev–Trinajstić information content (AvgIpc) is 2.37. The lowest BCUT2D eigenvalue weighted by Gasteiger charge is -2.23. The van der Waals surface area contributed by atoms with Crippen molar-refractivity contribution in [3.05, 3.63) is 66.7 Å². The van der Waals surface area contributed by atoms with Crippen LogP contribution in [0.4, 0.5) is 0 Å². The quantitative estimate of drug-likeness (QED) is 0.544. The summed E-state index contributed by atoms with van der Waals surface area (Å²) in [6.45, 7) is 9.97. The first-order valence-electron chi connectivity index (χ1n) is 6.21. The van der Waals surface area contributed by atoms with Gasteiger partial charge in [0.1, 0.15) is 11.9 Å². The molecule has 0 spiro atoms. The lowest BCUT2D eigenvalue weighted by Crippen LogP contribution is -2.10. The highest BCUT2D eigenvalue weighted by atomic mass is 16.5. The summed E-state index contributed by atoms with van der Waals surface area (Å²) in [5.74, 6) is 1.20. The molecule has 1 unspecified atom stereocenters. The van der Waals surface area contributed by atoms with Crippen LogP contribution in [0.25, 0.3) is 0 Å². The van der Waals surface area contributed by atoms with Gasteiger partial charge in [0.15, 0.2) is 0 Å². The minimum absolute atomic E-state index is 0.0235. The maximum Gasteiger partial charge on any atom is 0.126 e. The van der Waals surface area contributed by atoms with Crippen LogP contribution in [-0.2, 0) is 4.74 Å². The van der Waals surface area contributed by atoms with E-state index in [1.54, 1.807) is 18.5 Å². The molecule has 1 aromatic heterocycles. The first-order chi connectivity index (χ1) is 8.69. The molecule has 0 amide bonds. The lowest BCUT2D eigenvalue weighted by atomic mass is 10.00. The number of hydrogen-bond donors (Lipinski definition) is 0. The minimum Gasteiger partial charge on any atom is -0.485 e. The van der Waals surface area contributed by atoms with Gasteiger partial charge in [0.25, 0.3) is 0 Å². The van der Waals surface area contributed by atoms with E-state index in [9.17, 15) is 0 Å². The molecule has 18 heavy (non-hydrogen) atoms. The Bertz CT molecular complexity index is 418. The van der Waals surface area contributed by atoms with Gasteiger partial charge in [-0.2, -0.15) is 0 Å². The van der Waals surface area contributed by atoms with E-state index in [-0.39, 0.29) is 6.10 Å². The summed E-state index contributed by atoms with van der Waals surface area (Å²) in [5, 5.41) is 0. The molecule has 1 atom stereocenters. The fourth-order valence-corrected chi connectivity index (χ4v) is 1.70. The van der Waals surface area contributed by atoms with Crippen LogP contribution < -0.4 is 0 Å². The van der Waals surface area contributed by atoms with Crippen molar-refractivity contribution in [3.8, 4) is 0 Å². The molecule has 96 valence electrons. The number of rotatable bonds is 6. The van der Waals surface area contributed by atoms with Crippen molar-refractivity contribution >= 4 is 0 Å². The van der Waals surface area contributed by atoms with Crippen molar-refractivity contribution in [2.24, 2.45) is 5.92 Å². The van der Waals surface area contributed by atoms with E-state index < -0.39 is 0 Å². The van der Waals surface area contributed by atoms with Crippen LogP contribution >= 0.6 is 0 Å². The van der Waals surface area contributed by atoms with Crippen LogP contribution in [0.15, 0.2) is 61.2 Å². The third-order valence-electron chi connectivity index (χ3n) is 2.52. The summed E-state index contributed by atoms with van der Waals surface area (Å²) < 4.78 is 6.05. The van der Waals surface area contributed by atoms with Crippen LogP contribution in [0.3, 0.4) is 0 Å². The predicted octanol–water partition coefficient (Wildman–Crippen LogP) is 4.44. The van der Waals surface area contributed by atoms with Gasteiger partial charge in [-0.1, -0.05) is 32.6 Å². The van der Waals surface area contributed by atoms with Crippen LogP contribution in [0.1, 0.15) is 32.4 Å². The SMILES string of the molecule is C=C/C=C(/C=C/C)OC(c1ccncc1)C(C)C. The number of aromatic nitrogens is 1. The Kier molecular flexibility index (Phi) is 5.92. The number of nitrogens with zero attached hydrogens (tertiary/aromatic N) is 1. The number of hydrogen-bond acceptors (Lipinski definition) is 2. The van der Waals surface area contributed by atoms with Gasteiger partial charge >= 0.3 is 0 Å². The Labute approximate surface area is 110 Å². The van der Waals surface area contributed by atoms with Crippen LogP contribution in [0.5, 0.6) is 0 Å². The molecule has 0 aliphatic heterocycles.